The van der Waals surface area contributed by atoms with Crippen LogP contribution in [0.2, 0.25) is 0 Å². The molecule has 2 unspecified atom stereocenters. The Balaban J connectivity index is 1.55. The monoisotopic (exact) mass is 392 g/mol. The van der Waals surface area contributed by atoms with Gasteiger partial charge in [0.05, 0.1) is 7.11 Å². The maximum absolute atomic E-state index is 12.8. The van der Waals surface area contributed by atoms with E-state index in [0.717, 1.165) is 31.7 Å². The highest BCUT2D eigenvalue weighted by atomic mass is 16.5. The Morgan fingerprint density at radius 2 is 1.55 bits per heavy atom. The predicted octanol–water partition coefficient (Wildman–Crippen LogP) is 1.82. The lowest BCUT2D eigenvalue weighted by molar-refractivity contribution is -0.151. The van der Waals surface area contributed by atoms with Gasteiger partial charge in [0, 0.05) is 31.9 Å². The molecule has 1 amide bonds. The Morgan fingerprint density at radius 3 is 2.17 bits per heavy atom. The van der Waals surface area contributed by atoms with Crippen molar-refractivity contribution >= 4 is 23.5 Å². The molecule has 2 aromatic carbocycles. The number of esters is 1. The maximum Gasteiger partial charge on any atom is 0.320 e. The molecule has 0 spiro atoms. The molecule has 4 rings (SSSR count). The second kappa shape index (κ2) is 8.34. The number of piperazine rings is 1. The van der Waals surface area contributed by atoms with Crippen molar-refractivity contribution in [3.63, 3.8) is 0 Å². The molecule has 29 heavy (non-hydrogen) atoms. The van der Waals surface area contributed by atoms with Crippen LogP contribution in [0.5, 0.6) is 0 Å². The van der Waals surface area contributed by atoms with Crippen LogP contribution in [0, 0.1) is 5.92 Å². The van der Waals surface area contributed by atoms with Gasteiger partial charge in [-0.05, 0) is 17.7 Å². The van der Waals surface area contributed by atoms with Crippen LogP contribution >= 0.6 is 0 Å². The Bertz CT molecular complexity index is 893. The van der Waals surface area contributed by atoms with Crippen LogP contribution in [0.4, 0.5) is 5.69 Å². The molecule has 7 heteroatoms. The van der Waals surface area contributed by atoms with Crippen LogP contribution in [0.3, 0.4) is 0 Å². The zero-order valence-electron chi connectivity index (χ0n) is 16.3. The van der Waals surface area contributed by atoms with Crippen molar-refractivity contribution in [2.24, 2.45) is 10.9 Å². The number of ether oxygens (including phenoxy) is 1. The first kappa shape index (κ1) is 19.0. The number of benzene rings is 2. The molecular weight excluding hydrogens is 368 g/mol. The lowest BCUT2D eigenvalue weighted by Gasteiger charge is -2.39. The summed E-state index contributed by atoms with van der Waals surface area (Å²) in [4.78, 5) is 34.2. The lowest BCUT2D eigenvalue weighted by Crippen LogP contribution is -2.57. The number of para-hydroxylation sites is 1. The normalized spacial score (nSPS) is 22.0. The van der Waals surface area contributed by atoms with Gasteiger partial charge in [-0.2, -0.15) is 0 Å². The van der Waals surface area contributed by atoms with Crippen LogP contribution in [0.25, 0.3) is 0 Å². The topological polar surface area (TPSA) is 74.2 Å². The van der Waals surface area contributed by atoms with Crippen LogP contribution in [-0.4, -0.2) is 56.0 Å². The number of carbonyl (C=O) groups excluding carboxylic acids is 2. The van der Waals surface area contributed by atoms with Crippen molar-refractivity contribution in [1.82, 2.24) is 10.2 Å². The Kier molecular flexibility index (Phi) is 5.46. The molecule has 150 valence electrons. The summed E-state index contributed by atoms with van der Waals surface area (Å²) in [7, 11) is 1.29. The molecular formula is C22H24N4O3. The van der Waals surface area contributed by atoms with Crippen molar-refractivity contribution in [3.05, 3.63) is 66.2 Å². The molecule has 1 N–H and O–H groups in total. The number of hydrogen-bond acceptors (Lipinski definition) is 6. The Hall–Kier alpha value is -3.35. The third kappa shape index (κ3) is 3.94. The highest BCUT2D eigenvalue weighted by Crippen LogP contribution is 2.30. The number of nitrogens with zero attached hydrogens (tertiary/aromatic N) is 3. The highest BCUT2D eigenvalue weighted by molar-refractivity contribution is 6.08. The fraction of sp³-hybridized carbons (Fsp3) is 0.318. The molecule has 2 aliphatic rings. The Morgan fingerprint density at radius 1 is 0.966 bits per heavy atom. The van der Waals surface area contributed by atoms with Gasteiger partial charge in [0.15, 0.2) is 5.92 Å². The standard InChI is InChI=1S/C22H24N4O3/c1-29-21(28)18-19(16-8-4-2-5-9-16)23-22(24-20(18)27)26-14-12-25(13-15-26)17-10-6-3-7-11-17/h2-11,18-19H,12-15H2,1H3,(H,23,24,27). The van der Waals surface area contributed by atoms with Crippen LogP contribution in [-0.2, 0) is 14.3 Å². The minimum atomic E-state index is -0.989. The van der Waals surface area contributed by atoms with Gasteiger partial charge in [0.25, 0.3) is 0 Å². The summed E-state index contributed by atoms with van der Waals surface area (Å²) < 4.78 is 4.87. The molecule has 7 nitrogen and oxygen atoms in total. The smallest absolute Gasteiger partial charge is 0.320 e. The summed E-state index contributed by atoms with van der Waals surface area (Å²) >= 11 is 0. The van der Waals surface area contributed by atoms with Gasteiger partial charge in [-0.15, -0.1) is 0 Å². The van der Waals surface area contributed by atoms with E-state index in [-0.39, 0.29) is 5.91 Å². The highest BCUT2D eigenvalue weighted by Gasteiger charge is 2.41. The van der Waals surface area contributed by atoms with Crippen molar-refractivity contribution in [2.45, 2.75) is 6.04 Å². The average Bonchev–Trinajstić information content (AvgIpc) is 2.79. The second-order valence-electron chi connectivity index (χ2n) is 7.11. The van der Waals surface area contributed by atoms with Gasteiger partial charge >= 0.3 is 5.97 Å². The number of amides is 1. The average molecular weight is 392 g/mol. The predicted molar refractivity (Wildman–Crippen MR) is 110 cm³/mol. The minimum absolute atomic E-state index is 0.374. The molecule has 0 saturated carbocycles. The number of carbonyl (C=O) groups is 2. The number of rotatable bonds is 3. The molecule has 2 aromatic rings. The zero-order chi connectivity index (χ0) is 20.2. The summed E-state index contributed by atoms with van der Waals surface area (Å²) in [5.41, 5.74) is 2.01. The first-order valence-corrected chi connectivity index (χ1v) is 9.74. The molecule has 2 aliphatic heterocycles. The molecule has 1 saturated heterocycles. The van der Waals surface area contributed by atoms with E-state index in [9.17, 15) is 9.59 Å². The first-order valence-electron chi connectivity index (χ1n) is 9.74. The number of hydrogen-bond donors (Lipinski definition) is 1. The molecule has 2 atom stereocenters. The number of anilines is 1. The summed E-state index contributed by atoms with van der Waals surface area (Å²) in [6, 6.07) is 19.1. The van der Waals surface area contributed by atoms with Crippen molar-refractivity contribution < 1.29 is 14.3 Å². The number of aliphatic imine (C=N–C) groups is 1. The van der Waals surface area contributed by atoms with Gasteiger partial charge < -0.3 is 14.5 Å². The van der Waals surface area contributed by atoms with Gasteiger partial charge in [-0.25, -0.2) is 4.99 Å². The van der Waals surface area contributed by atoms with Crippen molar-refractivity contribution in [2.75, 3.05) is 38.2 Å². The van der Waals surface area contributed by atoms with Gasteiger partial charge in [0.1, 0.15) is 6.04 Å². The van der Waals surface area contributed by atoms with Crippen molar-refractivity contribution in [1.29, 1.82) is 0 Å². The molecule has 2 heterocycles. The fourth-order valence-electron chi connectivity index (χ4n) is 3.83. The van der Waals surface area contributed by atoms with Crippen LogP contribution in [0.15, 0.2) is 65.7 Å². The van der Waals surface area contributed by atoms with E-state index in [4.69, 9.17) is 9.73 Å². The second-order valence-corrected chi connectivity index (χ2v) is 7.11. The third-order valence-corrected chi connectivity index (χ3v) is 5.39. The molecule has 0 radical (unpaired) electrons. The van der Waals surface area contributed by atoms with Crippen LogP contribution in [0.1, 0.15) is 11.6 Å². The summed E-state index contributed by atoms with van der Waals surface area (Å²) in [5, 5.41) is 2.82. The van der Waals surface area contributed by atoms with Gasteiger partial charge in [0.2, 0.25) is 11.9 Å². The van der Waals surface area contributed by atoms with Crippen LogP contribution < -0.4 is 10.2 Å². The fourth-order valence-corrected chi connectivity index (χ4v) is 3.83. The summed E-state index contributed by atoms with van der Waals surface area (Å²) in [6.07, 6.45) is 0. The van der Waals surface area contributed by atoms with E-state index in [2.05, 4.69) is 27.2 Å². The lowest BCUT2D eigenvalue weighted by atomic mass is 9.91. The zero-order valence-corrected chi connectivity index (χ0v) is 16.3. The van der Waals surface area contributed by atoms with Gasteiger partial charge in [-0.3, -0.25) is 14.9 Å². The first-order chi connectivity index (χ1) is 14.2. The van der Waals surface area contributed by atoms with E-state index in [1.807, 2.05) is 48.5 Å². The van der Waals surface area contributed by atoms with E-state index in [1.165, 1.54) is 12.8 Å². The maximum atomic E-state index is 12.8. The van der Waals surface area contributed by atoms with E-state index in [1.54, 1.807) is 0 Å². The number of methoxy groups -OCH3 is 1. The Labute approximate surface area is 170 Å². The quantitative estimate of drug-likeness (QED) is 0.637. The van der Waals surface area contributed by atoms with E-state index >= 15 is 0 Å². The molecule has 0 aliphatic carbocycles. The third-order valence-electron chi connectivity index (χ3n) is 5.39. The number of nitrogens with one attached hydrogen (secondary N) is 1. The van der Waals surface area contributed by atoms with E-state index in [0.29, 0.717) is 5.96 Å². The largest absolute Gasteiger partial charge is 0.468 e. The minimum Gasteiger partial charge on any atom is -0.468 e. The van der Waals surface area contributed by atoms with E-state index < -0.39 is 17.9 Å². The summed E-state index contributed by atoms with van der Waals surface area (Å²) in [6.45, 7) is 3.13. The SMILES string of the molecule is COC(=O)C1C(=O)NC(N2CCN(c3ccccc3)CC2)=NC1c1ccccc1. The van der Waals surface area contributed by atoms with Gasteiger partial charge in [-0.1, -0.05) is 48.5 Å². The molecule has 0 aromatic heterocycles. The van der Waals surface area contributed by atoms with Crippen molar-refractivity contribution in [3.8, 4) is 0 Å². The molecule has 0 bridgehead atoms. The number of guanidine groups is 1. The summed E-state index contributed by atoms with van der Waals surface area (Å²) in [5.74, 6) is -1.41. The molecule has 1 fully saturated rings.